The van der Waals surface area contributed by atoms with Crippen LogP contribution in [0.2, 0.25) is 0 Å². The van der Waals surface area contributed by atoms with E-state index in [-0.39, 0.29) is 0 Å². The van der Waals surface area contributed by atoms with E-state index in [1.165, 1.54) is 51.4 Å². The Morgan fingerprint density at radius 3 is 1.81 bits per heavy atom. The molecule has 1 heteroatoms. The summed E-state index contributed by atoms with van der Waals surface area (Å²) < 4.78 is 0. The Morgan fingerprint density at radius 1 is 0.875 bits per heavy atom. The van der Waals surface area contributed by atoms with E-state index < -0.39 is 0 Å². The van der Waals surface area contributed by atoms with E-state index in [4.69, 9.17) is 11.6 Å². The maximum absolute atomic E-state index is 6.03. The molecular weight excluding hydrogens is 216 g/mol. The van der Waals surface area contributed by atoms with Gasteiger partial charge in [-0.05, 0) is 17.8 Å². The molecule has 0 heterocycles. The van der Waals surface area contributed by atoms with Crippen molar-refractivity contribution >= 4 is 11.6 Å². The highest BCUT2D eigenvalue weighted by molar-refractivity contribution is 6.18. The second-order valence-corrected chi connectivity index (χ2v) is 6.44. The molecule has 98 valence electrons. The molecule has 0 fully saturated rings. The summed E-state index contributed by atoms with van der Waals surface area (Å²) in [7, 11) is 0. The Bertz CT molecular complexity index is 146. The molecule has 0 aliphatic rings. The molecule has 0 amide bonds. The quantitative estimate of drug-likeness (QED) is 0.344. The first-order valence-corrected chi connectivity index (χ1v) is 7.61. The highest BCUT2D eigenvalue weighted by atomic mass is 35.5. The average molecular weight is 247 g/mol. The summed E-state index contributed by atoms with van der Waals surface area (Å²) in [6.07, 6.45) is 11.1. The number of hydrogen-bond acceptors (Lipinski definition) is 0. The van der Waals surface area contributed by atoms with Crippen LogP contribution in [0.1, 0.15) is 79.1 Å². The fourth-order valence-electron chi connectivity index (χ4n) is 2.09. The predicted octanol–water partition coefficient (Wildman–Crippen LogP) is 6.03. The molecule has 0 N–H and O–H groups in total. The predicted molar refractivity (Wildman–Crippen MR) is 76.3 cm³/mol. The van der Waals surface area contributed by atoms with Crippen LogP contribution in [0, 0.1) is 11.3 Å². The Balaban J connectivity index is 3.42. The van der Waals surface area contributed by atoms with Crippen LogP contribution in [0.25, 0.3) is 0 Å². The molecule has 0 bridgehead atoms. The number of rotatable bonds is 9. The van der Waals surface area contributed by atoms with Gasteiger partial charge in [0.1, 0.15) is 0 Å². The first-order chi connectivity index (χ1) is 7.52. The minimum absolute atomic E-state index is 0.379. The summed E-state index contributed by atoms with van der Waals surface area (Å²) in [5, 5.41) is 0. The zero-order valence-corrected chi connectivity index (χ0v) is 12.6. The molecule has 16 heavy (non-hydrogen) atoms. The normalized spacial score (nSPS) is 14.1. The minimum Gasteiger partial charge on any atom is -0.126 e. The van der Waals surface area contributed by atoms with Gasteiger partial charge in [-0.25, -0.2) is 0 Å². The van der Waals surface area contributed by atoms with Crippen LogP contribution in [0.5, 0.6) is 0 Å². The largest absolute Gasteiger partial charge is 0.126 e. The molecule has 1 unspecified atom stereocenters. The third kappa shape index (κ3) is 8.44. The fourth-order valence-corrected chi connectivity index (χ4v) is 2.71. The minimum atomic E-state index is 0.379. The van der Waals surface area contributed by atoms with Gasteiger partial charge in [0.05, 0.1) is 0 Å². The van der Waals surface area contributed by atoms with E-state index in [0.717, 1.165) is 5.88 Å². The van der Waals surface area contributed by atoms with Gasteiger partial charge in [-0.1, -0.05) is 72.6 Å². The van der Waals surface area contributed by atoms with E-state index in [1.807, 2.05) is 0 Å². The van der Waals surface area contributed by atoms with Crippen LogP contribution in [-0.4, -0.2) is 5.88 Å². The Kier molecular flexibility index (Phi) is 9.50. The first-order valence-electron chi connectivity index (χ1n) is 7.08. The van der Waals surface area contributed by atoms with Crippen LogP contribution in [-0.2, 0) is 0 Å². The van der Waals surface area contributed by atoms with Crippen LogP contribution < -0.4 is 0 Å². The lowest BCUT2D eigenvalue weighted by atomic mass is 9.79. The van der Waals surface area contributed by atoms with Crippen molar-refractivity contribution in [3.63, 3.8) is 0 Å². The van der Waals surface area contributed by atoms with Gasteiger partial charge in [0.25, 0.3) is 0 Å². The Labute approximate surface area is 108 Å². The zero-order valence-electron chi connectivity index (χ0n) is 11.8. The molecule has 0 aromatic carbocycles. The summed E-state index contributed by atoms with van der Waals surface area (Å²) in [6, 6.07) is 0. The molecule has 1 atom stereocenters. The number of hydrogen-bond donors (Lipinski definition) is 0. The second kappa shape index (κ2) is 9.33. The zero-order chi connectivity index (χ0) is 12.4. The highest BCUT2D eigenvalue weighted by Crippen LogP contribution is 2.31. The lowest BCUT2D eigenvalue weighted by Crippen LogP contribution is -2.21. The van der Waals surface area contributed by atoms with Crippen molar-refractivity contribution in [3.8, 4) is 0 Å². The lowest BCUT2D eigenvalue weighted by Gasteiger charge is -2.29. The van der Waals surface area contributed by atoms with Gasteiger partial charge in [0, 0.05) is 5.88 Å². The molecular formula is C15H31Cl. The van der Waals surface area contributed by atoms with E-state index in [0.29, 0.717) is 11.3 Å². The van der Waals surface area contributed by atoms with Gasteiger partial charge >= 0.3 is 0 Å². The fraction of sp³-hybridized carbons (Fsp3) is 1.00. The number of alkyl halides is 1. The van der Waals surface area contributed by atoms with Gasteiger partial charge in [0.15, 0.2) is 0 Å². The van der Waals surface area contributed by atoms with Crippen LogP contribution in [0.4, 0.5) is 0 Å². The van der Waals surface area contributed by atoms with Crippen LogP contribution in [0.3, 0.4) is 0 Å². The molecule has 0 rings (SSSR count). The summed E-state index contributed by atoms with van der Waals surface area (Å²) in [5.74, 6) is 1.50. The number of unbranched alkanes of at least 4 members (excludes halogenated alkanes) is 6. The molecule has 0 aromatic rings. The van der Waals surface area contributed by atoms with Crippen molar-refractivity contribution in [2.75, 3.05) is 5.88 Å². The Hall–Kier alpha value is 0.290. The third-order valence-electron chi connectivity index (χ3n) is 3.57. The molecule has 0 saturated carbocycles. The van der Waals surface area contributed by atoms with E-state index in [2.05, 4.69) is 27.7 Å². The van der Waals surface area contributed by atoms with Gasteiger partial charge in [-0.2, -0.15) is 0 Å². The van der Waals surface area contributed by atoms with Gasteiger partial charge in [-0.15, -0.1) is 11.6 Å². The van der Waals surface area contributed by atoms with Crippen molar-refractivity contribution in [3.05, 3.63) is 0 Å². The van der Waals surface area contributed by atoms with Crippen molar-refractivity contribution in [1.82, 2.24) is 0 Å². The van der Waals surface area contributed by atoms with E-state index in [9.17, 15) is 0 Å². The number of halogens is 1. The molecule has 0 saturated heterocycles. The monoisotopic (exact) mass is 246 g/mol. The molecule has 0 aliphatic heterocycles. The van der Waals surface area contributed by atoms with E-state index >= 15 is 0 Å². The summed E-state index contributed by atoms with van der Waals surface area (Å²) in [6.45, 7) is 9.19. The summed E-state index contributed by atoms with van der Waals surface area (Å²) in [4.78, 5) is 0. The smallest absolute Gasteiger partial charge is 0.0256 e. The molecule has 0 spiro atoms. The van der Waals surface area contributed by atoms with Crippen molar-refractivity contribution in [2.45, 2.75) is 79.1 Å². The van der Waals surface area contributed by atoms with Gasteiger partial charge in [0.2, 0.25) is 0 Å². The maximum atomic E-state index is 6.03. The maximum Gasteiger partial charge on any atom is 0.0256 e. The topological polar surface area (TPSA) is 0 Å². The average Bonchev–Trinajstić information content (AvgIpc) is 2.20. The molecule has 0 aliphatic carbocycles. The third-order valence-corrected chi connectivity index (χ3v) is 3.94. The van der Waals surface area contributed by atoms with Gasteiger partial charge < -0.3 is 0 Å². The summed E-state index contributed by atoms with van der Waals surface area (Å²) in [5.41, 5.74) is 0.379. The summed E-state index contributed by atoms with van der Waals surface area (Å²) >= 11 is 6.03. The first kappa shape index (κ1) is 16.3. The van der Waals surface area contributed by atoms with Crippen molar-refractivity contribution < 1.29 is 0 Å². The van der Waals surface area contributed by atoms with E-state index in [1.54, 1.807) is 0 Å². The van der Waals surface area contributed by atoms with Gasteiger partial charge in [-0.3, -0.25) is 0 Å². The molecule has 0 nitrogen and oxygen atoms in total. The van der Waals surface area contributed by atoms with Crippen LogP contribution >= 0.6 is 11.6 Å². The molecule has 0 aromatic heterocycles. The SMILES string of the molecule is CCCCCCCCCC(CCl)C(C)(C)C. The van der Waals surface area contributed by atoms with Crippen molar-refractivity contribution in [2.24, 2.45) is 11.3 Å². The standard InChI is InChI=1S/C15H31Cl/c1-5-6-7-8-9-10-11-12-14(13-16)15(2,3)4/h14H,5-13H2,1-4H3. The van der Waals surface area contributed by atoms with Crippen LogP contribution in [0.15, 0.2) is 0 Å². The lowest BCUT2D eigenvalue weighted by molar-refractivity contribution is 0.244. The molecule has 0 radical (unpaired) electrons. The Morgan fingerprint density at radius 2 is 1.38 bits per heavy atom. The second-order valence-electron chi connectivity index (χ2n) is 6.13. The highest BCUT2D eigenvalue weighted by Gasteiger charge is 2.22. The van der Waals surface area contributed by atoms with Crippen molar-refractivity contribution in [1.29, 1.82) is 0 Å².